The van der Waals surface area contributed by atoms with Crippen LogP contribution in [-0.2, 0) is 4.57 Å². The van der Waals surface area contributed by atoms with Crippen LogP contribution in [0.5, 0.6) is 0 Å². The molecule has 0 aromatic heterocycles. The lowest BCUT2D eigenvalue weighted by Crippen LogP contribution is -2.35. The zero-order valence-corrected chi connectivity index (χ0v) is 14.7. The highest BCUT2D eigenvalue weighted by molar-refractivity contribution is 7.55. The maximum Gasteiger partial charge on any atom is 0.348 e. The number of nitrogens with zero attached hydrogens (tertiary/aromatic N) is 1. The van der Waals surface area contributed by atoms with Crippen molar-refractivity contribution in [3.63, 3.8) is 0 Å². The van der Waals surface area contributed by atoms with Gasteiger partial charge in [-0.05, 0) is 12.8 Å². The minimum Gasteiger partial charge on any atom is -0.331 e. The number of rotatable bonds is 10. The molecule has 20 heavy (non-hydrogen) atoms. The molecule has 0 rings (SSSR count). The minimum atomic E-state index is -3.88. The average Bonchev–Trinajstić information content (AvgIpc) is 2.31. The van der Waals surface area contributed by atoms with Gasteiger partial charge in [0.2, 0.25) is 0 Å². The van der Waals surface area contributed by atoms with E-state index < -0.39 is 7.60 Å². The van der Waals surface area contributed by atoms with E-state index in [0.29, 0.717) is 5.82 Å². The smallest absolute Gasteiger partial charge is 0.331 e. The first-order chi connectivity index (χ1) is 9.12. The number of quaternary nitrogens is 1. The second-order valence-electron chi connectivity index (χ2n) is 6.26. The first-order valence-corrected chi connectivity index (χ1v) is 9.30. The average molecular weight is 308 g/mol. The normalized spacial score (nSPS) is 11.7. The molecule has 0 radical (unpaired) electrons. The lowest BCUT2D eigenvalue weighted by Gasteiger charge is -2.23. The Hall–Kier alpha value is -0.150. The molecule has 4 nitrogen and oxygen atoms in total. The van der Waals surface area contributed by atoms with E-state index in [0.717, 1.165) is 4.48 Å². The highest BCUT2D eigenvalue weighted by Gasteiger charge is 2.04. The van der Waals surface area contributed by atoms with Crippen molar-refractivity contribution >= 4 is 7.60 Å². The van der Waals surface area contributed by atoms with Gasteiger partial charge in [-0.3, -0.25) is 4.57 Å². The van der Waals surface area contributed by atoms with Crippen LogP contribution in [0.1, 0.15) is 58.3 Å². The van der Waals surface area contributed by atoms with Crippen molar-refractivity contribution in [2.45, 2.75) is 58.3 Å². The van der Waals surface area contributed by atoms with Gasteiger partial charge in [-0.2, -0.15) is 0 Å². The Labute approximate surface area is 125 Å². The molecule has 0 aliphatic rings. The van der Waals surface area contributed by atoms with Crippen LogP contribution in [0.15, 0.2) is 12.4 Å². The summed E-state index contributed by atoms with van der Waals surface area (Å²) < 4.78 is 10.7. The molecule has 0 amide bonds. The predicted octanol–water partition coefficient (Wildman–Crippen LogP) is 4.14. The van der Waals surface area contributed by atoms with E-state index in [9.17, 15) is 4.57 Å². The fourth-order valence-corrected chi connectivity index (χ4v) is 1.72. The van der Waals surface area contributed by atoms with E-state index in [-0.39, 0.29) is 0 Å². The van der Waals surface area contributed by atoms with Crippen molar-refractivity contribution in [2.75, 3.05) is 27.7 Å². The quantitative estimate of drug-likeness (QED) is 0.362. The summed E-state index contributed by atoms with van der Waals surface area (Å²) in [6.45, 7) is 6.48. The topological polar surface area (TPSA) is 57.5 Å². The number of hydrogen-bond acceptors (Lipinski definition) is 1. The summed E-state index contributed by atoms with van der Waals surface area (Å²) in [5.41, 5.74) is 0. The second-order valence-corrected chi connectivity index (χ2v) is 7.80. The summed E-state index contributed by atoms with van der Waals surface area (Å²) in [5.74, 6) is 0.604. The van der Waals surface area contributed by atoms with Crippen molar-refractivity contribution in [1.29, 1.82) is 0 Å². The third kappa shape index (κ3) is 26.4. The van der Waals surface area contributed by atoms with Crippen LogP contribution in [0.25, 0.3) is 0 Å². The largest absolute Gasteiger partial charge is 0.348 e. The summed E-state index contributed by atoms with van der Waals surface area (Å²) >= 11 is 0. The lowest BCUT2D eigenvalue weighted by atomic mass is 10.1. The van der Waals surface area contributed by atoms with Gasteiger partial charge in [0, 0.05) is 5.82 Å². The Morgan fingerprint density at radius 2 is 1.30 bits per heavy atom. The standard InChI is InChI=1S/C13H30N.C2H5O3P/c1-5-6-7-8-9-10-11-12-13-14(2,3)4;1-2-6(3,4)5/h5-13H2,1-4H3;2H,1H2,(H2,3,4,5)/q+1;. The summed E-state index contributed by atoms with van der Waals surface area (Å²) in [6, 6.07) is 0. The first kappa shape index (κ1) is 22.1. The van der Waals surface area contributed by atoms with Crippen LogP contribution in [0.3, 0.4) is 0 Å². The summed E-state index contributed by atoms with van der Waals surface area (Å²) in [7, 11) is 2.95. The van der Waals surface area contributed by atoms with Gasteiger partial charge >= 0.3 is 7.60 Å². The molecule has 0 saturated heterocycles. The van der Waals surface area contributed by atoms with Crippen molar-refractivity contribution in [1.82, 2.24) is 0 Å². The summed E-state index contributed by atoms with van der Waals surface area (Å²) in [4.78, 5) is 15.6. The van der Waals surface area contributed by atoms with Gasteiger partial charge in [0.1, 0.15) is 0 Å². The van der Waals surface area contributed by atoms with E-state index in [1.807, 2.05) is 0 Å². The number of hydrogen-bond donors (Lipinski definition) is 2. The molecule has 0 saturated carbocycles. The van der Waals surface area contributed by atoms with Crippen molar-refractivity contribution in [3.05, 3.63) is 12.4 Å². The molecular weight excluding hydrogens is 273 g/mol. The van der Waals surface area contributed by atoms with Gasteiger partial charge in [-0.1, -0.05) is 52.0 Å². The molecule has 0 aromatic rings. The third-order valence-corrected chi connectivity index (χ3v) is 3.40. The molecule has 0 unspecified atom stereocenters. The Bertz CT molecular complexity index is 269. The monoisotopic (exact) mass is 308 g/mol. The van der Waals surface area contributed by atoms with Crippen molar-refractivity contribution < 1.29 is 18.8 Å². The number of unbranched alkanes of at least 4 members (excludes halogenated alkanes) is 7. The summed E-state index contributed by atoms with van der Waals surface area (Å²) in [6.07, 6.45) is 11.4. The van der Waals surface area contributed by atoms with Crippen LogP contribution in [-0.4, -0.2) is 42.0 Å². The van der Waals surface area contributed by atoms with Gasteiger partial charge in [-0.25, -0.2) is 0 Å². The zero-order chi connectivity index (χ0) is 16.1. The highest BCUT2D eigenvalue weighted by Crippen LogP contribution is 2.34. The van der Waals surface area contributed by atoms with Crippen molar-refractivity contribution in [3.8, 4) is 0 Å². The molecule has 0 atom stereocenters. The van der Waals surface area contributed by atoms with Crippen LogP contribution in [0, 0.1) is 0 Å². The van der Waals surface area contributed by atoms with Gasteiger partial charge in [0.05, 0.1) is 27.7 Å². The lowest BCUT2D eigenvalue weighted by molar-refractivity contribution is -0.870. The van der Waals surface area contributed by atoms with E-state index in [1.54, 1.807) is 0 Å². The van der Waals surface area contributed by atoms with Crippen molar-refractivity contribution in [2.24, 2.45) is 0 Å². The van der Waals surface area contributed by atoms with Crippen LogP contribution in [0.4, 0.5) is 0 Å². The fourth-order valence-electron chi connectivity index (χ4n) is 1.72. The second kappa shape index (κ2) is 12.6. The van der Waals surface area contributed by atoms with Crippen LogP contribution >= 0.6 is 7.60 Å². The highest BCUT2D eigenvalue weighted by atomic mass is 31.2. The van der Waals surface area contributed by atoms with Crippen LogP contribution < -0.4 is 0 Å². The molecule has 0 aliphatic heterocycles. The van der Waals surface area contributed by atoms with Gasteiger partial charge < -0.3 is 14.3 Å². The molecular formula is C15H35NO3P+. The third-order valence-electron chi connectivity index (χ3n) is 2.92. The Kier molecular flexibility index (Phi) is 13.9. The maximum atomic E-state index is 9.58. The van der Waals surface area contributed by atoms with E-state index >= 15 is 0 Å². The van der Waals surface area contributed by atoms with E-state index in [2.05, 4.69) is 34.6 Å². The van der Waals surface area contributed by atoms with Gasteiger partial charge in [0.15, 0.2) is 0 Å². The summed E-state index contributed by atoms with van der Waals surface area (Å²) in [5, 5.41) is 0. The Morgan fingerprint density at radius 3 is 1.60 bits per heavy atom. The molecule has 0 spiro atoms. The molecule has 0 aromatic carbocycles. The molecule has 0 heterocycles. The van der Waals surface area contributed by atoms with Gasteiger partial charge in [0.25, 0.3) is 0 Å². The van der Waals surface area contributed by atoms with E-state index in [4.69, 9.17) is 9.79 Å². The predicted molar refractivity (Wildman–Crippen MR) is 87.8 cm³/mol. The Morgan fingerprint density at radius 1 is 0.950 bits per heavy atom. The first-order valence-electron chi connectivity index (χ1n) is 7.61. The fraction of sp³-hybridized carbons (Fsp3) is 0.867. The molecule has 0 aliphatic carbocycles. The Balaban J connectivity index is 0. The zero-order valence-electron chi connectivity index (χ0n) is 13.8. The van der Waals surface area contributed by atoms with Gasteiger partial charge in [-0.15, -0.1) is 0 Å². The molecule has 0 bridgehead atoms. The SMILES string of the molecule is C=CP(=O)(O)O.CCCCCCCCCC[N+](C)(C)C. The molecule has 2 N–H and O–H groups in total. The molecule has 0 fully saturated rings. The molecule has 5 heteroatoms. The minimum absolute atomic E-state index is 0.604. The maximum absolute atomic E-state index is 9.58. The van der Waals surface area contributed by atoms with Crippen LogP contribution in [0.2, 0.25) is 0 Å². The van der Waals surface area contributed by atoms with E-state index in [1.165, 1.54) is 57.9 Å². The molecule has 122 valence electrons.